The van der Waals surface area contributed by atoms with Crippen molar-refractivity contribution in [2.45, 2.75) is 26.7 Å². The SMILES string of the molecule is CCCN(CCC)C(=O)c1ccc(C(=O)Nc2ccc3c(c2)OCCO3)cc1. The molecular weight excluding hydrogens is 356 g/mol. The molecular formula is C22H26N2O4. The molecule has 0 aromatic heterocycles. The van der Waals surface area contributed by atoms with Crippen LogP contribution >= 0.6 is 0 Å². The second-order valence-electron chi connectivity index (χ2n) is 6.68. The minimum absolute atomic E-state index is 0.00231. The molecule has 2 aromatic rings. The van der Waals surface area contributed by atoms with Crippen molar-refractivity contribution in [1.29, 1.82) is 0 Å². The van der Waals surface area contributed by atoms with Crippen molar-refractivity contribution in [3.05, 3.63) is 53.6 Å². The highest BCUT2D eigenvalue weighted by Gasteiger charge is 2.16. The Hall–Kier alpha value is -3.02. The molecule has 2 amide bonds. The van der Waals surface area contributed by atoms with Crippen molar-refractivity contribution < 1.29 is 19.1 Å². The zero-order valence-electron chi connectivity index (χ0n) is 16.4. The third-order valence-corrected chi connectivity index (χ3v) is 4.47. The van der Waals surface area contributed by atoms with Crippen LogP contribution in [0.4, 0.5) is 5.69 Å². The van der Waals surface area contributed by atoms with Crippen molar-refractivity contribution in [2.75, 3.05) is 31.6 Å². The van der Waals surface area contributed by atoms with Crippen LogP contribution in [0.15, 0.2) is 42.5 Å². The molecule has 28 heavy (non-hydrogen) atoms. The van der Waals surface area contributed by atoms with Crippen molar-refractivity contribution in [3.8, 4) is 11.5 Å². The van der Waals surface area contributed by atoms with Gasteiger partial charge in [-0.15, -0.1) is 0 Å². The maximum Gasteiger partial charge on any atom is 0.255 e. The second kappa shape index (κ2) is 9.26. The maximum atomic E-state index is 12.6. The number of fused-ring (bicyclic) bond motifs is 1. The van der Waals surface area contributed by atoms with Gasteiger partial charge in [-0.3, -0.25) is 9.59 Å². The van der Waals surface area contributed by atoms with E-state index in [0.29, 0.717) is 41.5 Å². The molecule has 0 bridgehead atoms. The number of nitrogens with zero attached hydrogens (tertiary/aromatic N) is 1. The Morgan fingerprint density at radius 3 is 2.14 bits per heavy atom. The second-order valence-corrected chi connectivity index (χ2v) is 6.68. The number of carbonyl (C=O) groups is 2. The average molecular weight is 382 g/mol. The molecule has 1 aliphatic heterocycles. The number of carbonyl (C=O) groups excluding carboxylic acids is 2. The Morgan fingerprint density at radius 1 is 0.893 bits per heavy atom. The predicted molar refractivity (Wildman–Crippen MR) is 108 cm³/mol. The monoisotopic (exact) mass is 382 g/mol. The first kappa shape index (κ1) is 19.7. The molecule has 6 nitrogen and oxygen atoms in total. The lowest BCUT2D eigenvalue weighted by Crippen LogP contribution is -2.32. The molecule has 0 spiro atoms. The summed E-state index contributed by atoms with van der Waals surface area (Å²) in [5.74, 6) is 1.06. The van der Waals surface area contributed by atoms with E-state index in [9.17, 15) is 9.59 Å². The van der Waals surface area contributed by atoms with Gasteiger partial charge in [-0.1, -0.05) is 13.8 Å². The largest absolute Gasteiger partial charge is 0.486 e. The topological polar surface area (TPSA) is 67.9 Å². The summed E-state index contributed by atoms with van der Waals surface area (Å²) < 4.78 is 11.0. The van der Waals surface area contributed by atoms with Gasteiger partial charge in [0.15, 0.2) is 11.5 Å². The highest BCUT2D eigenvalue weighted by Crippen LogP contribution is 2.32. The van der Waals surface area contributed by atoms with Crippen LogP contribution in [0.1, 0.15) is 47.4 Å². The summed E-state index contributed by atoms with van der Waals surface area (Å²) in [5.41, 5.74) is 1.72. The molecule has 1 heterocycles. The van der Waals surface area contributed by atoms with Crippen molar-refractivity contribution in [3.63, 3.8) is 0 Å². The van der Waals surface area contributed by atoms with Crippen LogP contribution in [0.3, 0.4) is 0 Å². The Morgan fingerprint density at radius 2 is 1.50 bits per heavy atom. The Labute approximate surface area is 165 Å². The molecule has 1 N–H and O–H groups in total. The third kappa shape index (κ3) is 4.63. The van der Waals surface area contributed by atoms with Gasteiger partial charge < -0.3 is 19.7 Å². The number of nitrogens with one attached hydrogen (secondary N) is 1. The number of hydrogen-bond acceptors (Lipinski definition) is 4. The zero-order valence-corrected chi connectivity index (χ0v) is 16.4. The molecule has 6 heteroatoms. The number of benzene rings is 2. The van der Waals surface area contributed by atoms with E-state index < -0.39 is 0 Å². The first-order valence-electron chi connectivity index (χ1n) is 9.72. The normalized spacial score (nSPS) is 12.4. The van der Waals surface area contributed by atoms with E-state index in [4.69, 9.17) is 9.47 Å². The van der Waals surface area contributed by atoms with Gasteiger partial charge in [-0.2, -0.15) is 0 Å². The van der Waals surface area contributed by atoms with Gasteiger partial charge in [0.2, 0.25) is 0 Å². The molecule has 0 saturated heterocycles. The summed E-state index contributed by atoms with van der Waals surface area (Å²) >= 11 is 0. The van der Waals surface area contributed by atoms with Gasteiger partial charge >= 0.3 is 0 Å². The maximum absolute atomic E-state index is 12.6. The van der Waals surface area contributed by atoms with Crippen LogP contribution in [-0.4, -0.2) is 43.0 Å². The van der Waals surface area contributed by atoms with Gasteiger partial charge in [-0.25, -0.2) is 0 Å². The summed E-state index contributed by atoms with van der Waals surface area (Å²) in [6.07, 6.45) is 1.84. The summed E-state index contributed by atoms with van der Waals surface area (Å²) in [7, 11) is 0. The fourth-order valence-corrected chi connectivity index (χ4v) is 3.13. The van der Waals surface area contributed by atoms with E-state index in [2.05, 4.69) is 19.2 Å². The van der Waals surface area contributed by atoms with E-state index >= 15 is 0 Å². The van der Waals surface area contributed by atoms with Gasteiger partial charge in [-0.05, 0) is 49.2 Å². The highest BCUT2D eigenvalue weighted by atomic mass is 16.6. The van der Waals surface area contributed by atoms with Crippen molar-refractivity contribution in [2.24, 2.45) is 0 Å². The Bertz CT molecular complexity index is 827. The number of amides is 2. The molecule has 148 valence electrons. The fourth-order valence-electron chi connectivity index (χ4n) is 3.13. The lowest BCUT2D eigenvalue weighted by atomic mass is 10.1. The van der Waals surface area contributed by atoms with E-state index in [0.717, 1.165) is 25.9 Å². The van der Waals surface area contributed by atoms with Crippen LogP contribution in [0.25, 0.3) is 0 Å². The van der Waals surface area contributed by atoms with E-state index in [1.165, 1.54) is 0 Å². The minimum atomic E-state index is -0.241. The summed E-state index contributed by atoms with van der Waals surface area (Å²) in [4.78, 5) is 27.0. The molecule has 2 aromatic carbocycles. The molecule has 0 fully saturated rings. The fraction of sp³-hybridized carbons (Fsp3) is 0.364. The molecule has 0 aliphatic carbocycles. The van der Waals surface area contributed by atoms with E-state index in [-0.39, 0.29) is 11.8 Å². The zero-order chi connectivity index (χ0) is 19.9. The molecule has 0 unspecified atom stereocenters. The number of anilines is 1. The number of hydrogen-bond donors (Lipinski definition) is 1. The summed E-state index contributed by atoms with van der Waals surface area (Å²) in [5, 5.41) is 2.85. The van der Waals surface area contributed by atoms with Crippen LogP contribution in [0.5, 0.6) is 11.5 Å². The summed E-state index contributed by atoms with van der Waals surface area (Å²) in [6, 6.07) is 12.1. The minimum Gasteiger partial charge on any atom is -0.486 e. The number of rotatable bonds is 7. The predicted octanol–water partition coefficient (Wildman–Crippen LogP) is 3.97. The van der Waals surface area contributed by atoms with Gasteiger partial charge in [0.1, 0.15) is 13.2 Å². The van der Waals surface area contributed by atoms with Crippen molar-refractivity contribution >= 4 is 17.5 Å². The van der Waals surface area contributed by atoms with Crippen LogP contribution in [0.2, 0.25) is 0 Å². The molecule has 0 saturated carbocycles. The molecule has 1 aliphatic rings. The van der Waals surface area contributed by atoms with Crippen molar-refractivity contribution in [1.82, 2.24) is 4.90 Å². The lowest BCUT2D eigenvalue weighted by molar-refractivity contribution is 0.0755. The van der Waals surface area contributed by atoms with Gasteiger partial charge in [0, 0.05) is 36.0 Å². The van der Waals surface area contributed by atoms with Crippen LogP contribution in [-0.2, 0) is 0 Å². The quantitative estimate of drug-likeness (QED) is 0.787. The highest BCUT2D eigenvalue weighted by molar-refractivity contribution is 6.05. The smallest absolute Gasteiger partial charge is 0.255 e. The molecule has 0 radical (unpaired) electrons. The number of ether oxygens (including phenoxy) is 2. The van der Waals surface area contributed by atoms with E-state index in [1.54, 1.807) is 42.5 Å². The van der Waals surface area contributed by atoms with E-state index in [1.807, 2.05) is 4.90 Å². The Balaban J connectivity index is 1.67. The molecule has 3 rings (SSSR count). The van der Waals surface area contributed by atoms with Crippen LogP contribution in [0, 0.1) is 0 Å². The standard InChI is InChI=1S/C22H26N2O4/c1-3-11-24(12-4-2)22(26)17-7-5-16(6-8-17)21(25)23-18-9-10-19-20(15-18)28-14-13-27-19/h5-10,15H,3-4,11-14H2,1-2H3,(H,23,25). The van der Waals surface area contributed by atoms with Crippen LogP contribution < -0.4 is 14.8 Å². The van der Waals surface area contributed by atoms with Gasteiger partial charge in [0.25, 0.3) is 11.8 Å². The lowest BCUT2D eigenvalue weighted by Gasteiger charge is -2.21. The average Bonchev–Trinajstić information content (AvgIpc) is 2.73. The molecule has 0 atom stereocenters. The third-order valence-electron chi connectivity index (χ3n) is 4.47. The Kier molecular flexibility index (Phi) is 6.53. The first-order chi connectivity index (χ1) is 13.6. The first-order valence-corrected chi connectivity index (χ1v) is 9.72. The summed E-state index contributed by atoms with van der Waals surface area (Å²) in [6.45, 7) is 6.60. The van der Waals surface area contributed by atoms with Gasteiger partial charge in [0.05, 0.1) is 0 Å².